The second-order valence-corrected chi connectivity index (χ2v) is 12.2. The molecule has 1 aliphatic heterocycles. The van der Waals surface area contributed by atoms with Crippen molar-refractivity contribution >= 4 is 64.1 Å². The molecule has 0 bridgehead atoms. The Bertz CT molecular complexity index is 1320. The van der Waals surface area contributed by atoms with Crippen LogP contribution in [-0.2, 0) is 20.9 Å². The van der Waals surface area contributed by atoms with E-state index in [9.17, 15) is 19.8 Å². The van der Waals surface area contributed by atoms with Crippen LogP contribution in [-0.4, -0.2) is 42.7 Å². The van der Waals surface area contributed by atoms with E-state index in [1.165, 1.54) is 17.8 Å². The van der Waals surface area contributed by atoms with Crippen LogP contribution in [0, 0.1) is 5.92 Å². The molecule has 0 radical (unpaired) electrons. The fourth-order valence-electron chi connectivity index (χ4n) is 4.10. The third-order valence-electron chi connectivity index (χ3n) is 6.18. The zero-order chi connectivity index (χ0) is 28.2. The maximum absolute atomic E-state index is 12.2. The maximum Gasteiger partial charge on any atom is 0.338 e. The molecule has 2 heterocycles. The summed E-state index contributed by atoms with van der Waals surface area (Å²) in [6.45, 7) is 1.93. The van der Waals surface area contributed by atoms with E-state index >= 15 is 0 Å². The molecular formula is C27H25Cl3N2O6S. The molecule has 0 unspecified atom stereocenters. The fraction of sp³-hybridized carbons (Fsp3) is 0.296. The van der Waals surface area contributed by atoms with Gasteiger partial charge >= 0.3 is 5.97 Å². The number of aromatic carboxylic acids is 1. The molecule has 1 saturated heterocycles. The number of nitrogens with one attached hydrogen (secondary N) is 1. The number of amides is 1. The van der Waals surface area contributed by atoms with Gasteiger partial charge in [-0.1, -0.05) is 78.1 Å². The molecule has 3 aromatic rings. The molecule has 4 rings (SSSR count). The predicted molar refractivity (Wildman–Crippen MR) is 150 cm³/mol. The standard InChI is InChI=1S/C27H25Cl3N2O6S/c1-15-21(14-39-23-20(24(34)35)6-3-11-31-23)37-25(38-22(15)17-9-7-16(13-33)8-10-17)18-4-2-5-19(12-18)32-26(36)27(28,29)30/h2-12,15,21-22,25,33H,13-14H2,1H3,(H,32,36)(H,34,35)/t15-,21+,22+,25+/m1/s1. The number of pyridine rings is 1. The molecule has 206 valence electrons. The summed E-state index contributed by atoms with van der Waals surface area (Å²) >= 11 is 18.4. The highest BCUT2D eigenvalue weighted by atomic mass is 35.6. The Morgan fingerprint density at radius 3 is 2.46 bits per heavy atom. The molecule has 0 spiro atoms. The normalized spacial score (nSPS) is 21.4. The van der Waals surface area contributed by atoms with Crippen LogP contribution in [0.3, 0.4) is 0 Å². The first-order valence-corrected chi connectivity index (χ1v) is 14.0. The second-order valence-electron chi connectivity index (χ2n) is 8.87. The van der Waals surface area contributed by atoms with Crippen molar-refractivity contribution in [3.63, 3.8) is 0 Å². The van der Waals surface area contributed by atoms with Crippen molar-refractivity contribution in [2.75, 3.05) is 11.1 Å². The van der Waals surface area contributed by atoms with Crippen LogP contribution in [0.5, 0.6) is 0 Å². The monoisotopic (exact) mass is 610 g/mol. The third-order valence-corrected chi connectivity index (χ3v) is 7.79. The number of hydrogen-bond acceptors (Lipinski definition) is 7. The number of rotatable bonds is 8. The Kier molecular flexibility index (Phi) is 9.77. The van der Waals surface area contributed by atoms with E-state index in [1.54, 1.807) is 36.5 Å². The van der Waals surface area contributed by atoms with Gasteiger partial charge in [0.2, 0.25) is 0 Å². The van der Waals surface area contributed by atoms with Crippen molar-refractivity contribution in [2.24, 2.45) is 5.92 Å². The Hall–Kier alpha value is -2.37. The molecular weight excluding hydrogens is 587 g/mol. The van der Waals surface area contributed by atoms with E-state index in [-0.39, 0.29) is 30.3 Å². The molecule has 4 atom stereocenters. The molecule has 0 saturated carbocycles. The summed E-state index contributed by atoms with van der Waals surface area (Å²) in [6.07, 6.45) is -0.0147. The van der Waals surface area contributed by atoms with Crippen molar-refractivity contribution in [3.05, 3.63) is 89.1 Å². The van der Waals surface area contributed by atoms with Gasteiger partial charge in [-0.05, 0) is 35.4 Å². The summed E-state index contributed by atoms with van der Waals surface area (Å²) < 4.78 is 10.7. The number of carboxylic acids is 1. The van der Waals surface area contributed by atoms with Crippen LogP contribution in [0.15, 0.2) is 71.9 Å². The first-order chi connectivity index (χ1) is 18.6. The minimum atomic E-state index is -2.13. The van der Waals surface area contributed by atoms with Crippen LogP contribution in [0.4, 0.5) is 5.69 Å². The largest absolute Gasteiger partial charge is 0.478 e. The highest BCUT2D eigenvalue weighted by molar-refractivity contribution is 7.99. The number of halogens is 3. The van der Waals surface area contributed by atoms with Crippen LogP contribution in [0.25, 0.3) is 0 Å². The molecule has 39 heavy (non-hydrogen) atoms. The Balaban J connectivity index is 1.61. The van der Waals surface area contributed by atoms with Gasteiger partial charge < -0.3 is 25.0 Å². The fourth-order valence-corrected chi connectivity index (χ4v) is 5.40. The number of carbonyl (C=O) groups is 2. The highest BCUT2D eigenvalue weighted by Crippen LogP contribution is 2.43. The van der Waals surface area contributed by atoms with Gasteiger partial charge in [-0.15, -0.1) is 11.8 Å². The summed E-state index contributed by atoms with van der Waals surface area (Å²) in [6, 6.07) is 17.4. The molecule has 2 aromatic carbocycles. The van der Waals surface area contributed by atoms with Gasteiger partial charge in [-0.2, -0.15) is 0 Å². The number of anilines is 1. The van der Waals surface area contributed by atoms with Gasteiger partial charge in [0.05, 0.1) is 24.4 Å². The Morgan fingerprint density at radius 1 is 1.05 bits per heavy atom. The van der Waals surface area contributed by atoms with Gasteiger partial charge in [0.15, 0.2) is 6.29 Å². The first kappa shape index (κ1) is 29.6. The van der Waals surface area contributed by atoms with Crippen LogP contribution < -0.4 is 5.32 Å². The van der Waals surface area contributed by atoms with Gasteiger partial charge in [-0.3, -0.25) is 4.79 Å². The predicted octanol–water partition coefficient (Wildman–Crippen LogP) is 6.16. The van der Waals surface area contributed by atoms with Gasteiger partial charge in [0, 0.05) is 29.1 Å². The molecule has 12 heteroatoms. The zero-order valence-corrected chi connectivity index (χ0v) is 23.7. The number of aliphatic hydroxyl groups excluding tert-OH is 1. The number of alkyl halides is 3. The number of carbonyl (C=O) groups excluding carboxylic acids is 1. The van der Waals surface area contributed by atoms with Crippen molar-refractivity contribution in [1.82, 2.24) is 4.98 Å². The summed E-state index contributed by atoms with van der Waals surface area (Å²) in [5.41, 5.74) is 2.81. The lowest BCUT2D eigenvalue weighted by atomic mass is 9.91. The van der Waals surface area contributed by atoms with E-state index in [4.69, 9.17) is 44.3 Å². The number of benzene rings is 2. The lowest BCUT2D eigenvalue weighted by Gasteiger charge is -2.41. The van der Waals surface area contributed by atoms with Crippen molar-refractivity contribution in [2.45, 2.75) is 40.8 Å². The average Bonchev–Trinajstić information content (AvgIpc) is 2.92. The lowest BCUT2D eigenvalue weighted by molar-refractivity contribution is -0.268. The number of carboxylic acid groups (broad SMARTS) is 1. The van der Waals surface area contributed by atoms with Gasteiger partial charge in [-0.25, -0.2) is 9.78 Å². The van der Waals surface area contributed by atoms with Crippen molar-refractivity contribution in [3.8, 4) is 0 Å². The van der Waals surface area contributed by atoms with Crippen LogP contribution in [0.1, 0.15) is 46.4 Å². The smallest absolute Gasteiger partial charge is 0.338 e. The Morgan fingerprint density at radius 2 is 1.79 bits per heavy atom. The molecule has 1 aromatic heterocycles. The van der Waals surface area contributed by atoms with E-state index in [1.807, 2.05) is 31.2 Å². The number of hydrogen-bond donors (Lipinski definition) is 3. The summed E-state index contributed by atoms with van der Waals surface area (Å²) in [4.78, 5) is 28.1. The first-order valence-electron chi connectivity index (χ1n) is 11.9. The molecule has 1 amide bonds. The molecule has 1 aliphatic rings. The lowest BCUT2D eigenvalue weighted by Crippen LogP contribution is -2.38. The molecule has 3 N–H and O–H groups in total. The van der Waals surface area contributed by atoms with E-state index in [0.717, 1.165) is 11.1 Å². The van der Waals surface area contributed by atoms with Crippen molar-refractivity contribution in [1.29, 1.82) is 0 Å². The second kappa shape index (κ2) is 12.9. The van der Waals surface area contributed by atoms with Crippen molar-refractivity contribution < 1.29 is 29.3 Å². The molecule has 8 nitrogen and oxygen atoms in total. The topological polar surface area (TPSA) is 118 Å². The number of ether oxygens (including phenoxy) is 2. The molecule has 1 fully saturated rings. The number of aromatic nitrogens is 1. The zero-order valence-electron chi connectivity index (χ0n) is 20.6. The van der Waals surface area contributed by atoms with Gasteiger partial charge in [0.25, 0.3) is 9.70 Å². The Labute approximate surface area is 244 Å². The highest BCUT2D eigenvalue weighted by Gasteiger charge is 2.39. The SMILES string of the molecule is C[C@@H]1[C@H](CSc2ncccc2C(=O)O)O[C@H](c2cccc(NC(=O)C(Cl)(Cl)Cl)c2)O[C@@H]1c1ccc(CO)cc1. The quantitative estimate of drug-likeness (QED) is 0.205. The summed E-state index contributed by atoms with van der Waals surface area (Å²) in [5.74, 6) is -1.57. The maximum atomic E-state index is 12.2. The summed E-state index contributed by atoms with van der Waals surface area (Å²) in [5, 5.41) is 21.9. The van der Waals surface area contributed by atoms with Crippen LogP contribution in [0.2, 0.25) is 0 Å². The molecule has 0 aliphatic carbocycles. The van der Waals surface area contributed by atoms with E-state index < -0.39 is 22.0 Å². The summed E-state index contributed by atoms with van der Waals surface area (Å²) in [7, 11) is 0. The van der Waals surface area contributed by atoms with Gasteiger partial charge in [0.1, 0.15) is 5.03 Å². The number of nitrogens with zero attached hydrogens (tertiary/aromatic N) is 1. The van der Waals surface area contributed by atoms with E-state index in [2.05, 4.69) is 10.3 Å². The third kappa shape index (κ3) is 7.43. The van der Waals surface area contributed by atoms with E-state index in [0.29, 0.717) is 22.0 Å². The number of aliphatic hydroxyl groups is 1. The van der Waals surface area contributed by atoms with Crippen LogP contribution >= 0.6 is 46.6 Å². The minimum Gasteiger partial charge on any atom is -0.478 e. The minimum absolute atomic E-state index is 0.0744. The number of thioether (sulfide) groups is 1. The average molecular weight is 612 g/mol.